The largest absolute Gasteiger partial charge is 0.345 e. The van der Waals surface area contributed by atoms with Crippen LogP contribution in [-0.2, 0) is 16.0 Å². The Morgan fingerprint density at radius 2 is 2.00 bits per heavy atom. The van der Waals surface area contributed by atoms with Gasteiger partial charge in [0.15, 0.2) is 11.5 Å². The molecule has 0 spiro atoms. The number of halogens is 6. The zero-order valence-electron chi connectivity index (χ0n) is 27.0. The number of likely N-dealkylation sites (tertiary alicyclic amines) is 1. The smallest absolute Gasteiger partial charge is 0.337 e. The Hall–Kier alpha value is -3.43. The Morgan fingerprint density at radius 1 is 1.20 bits per heavy atom. The van der Waals surface area contributed by atoms with E-state index >= 15 is 8.78 Å². The zero-order chi connectivity index (χ0) is 34.8. The number of nitriles is 1. The van der Waals surface area contributed by atoms with E-state index in [0.29, 0.717) is 34.3 Å². The molecule has 6 fully saturated rings. The number of hydrogen-bond acceptors (Lipinski definition) is 5. The first-order valence-electron chi connectivity index (χ1n) is 17.2. The number of rotatable bonds is 8. The van der Waals surface area contributed by atoms with Crippen LogP contribution in [0.15, 0.2) is 30.3 Å². The van der Waals surface area contributed by atoms with Gasteiger partial charge in [-0.3, -0.25) is 4.79 Å². The predicted octanol–water partition coefficient (Wildman–Crippen LogP) is 8.37. The minimum atomic E-state index is -2.98. The van der Waals surface area contributed by atoms with Gasteiger partial charge in [-0.2, -0.15) is 14.0 Å². The molecule has 2 aromatic heterocycles. The molecule has 3 aliphatic heterocycles. The molecule has 3 aliphatic carbocycles. The number of fused-ring (bicyclic) bond motifs is 6. The number of pyridine rings is 1. The van der Waals surface area contributed by atoms with E-state index in [9.17, 15) is 18.8 Å². The molecule has 1 N–H and O–H groups in total. The number of aromatic nitrogens is 2. The standard InChI is InChI=1S/C37H33Cl2F4N5O2/c1-16-21-14-26(34-22-12-19(13-27(22)50-36(41)42)47(34)35(49)37(43)7-8-37)48(32-18-11-25(32)45-15-18)33(21)23-10-17(4-3-9-44)28(30(40)31(23)46-16)20-5-2-6-24(38)29(20)39/h2,5-6,10,14,18-19,22,25,27,32,34,36,45H,3-4,7-8,11-13,15H2,1H3. The number of carbonyl (C=O) groups is 1. The van der Waals surface area contributed by atoms with Gasteiger partial charge in [-0.15, -0.1) is 0 Å². The van der Waals surface area contributed by atoms with Crippen molar-refractivity contribution in [3.63, 3.8) is 0 Å². The van der Waals surface area contributed by atoms with Crippen molar-refractivity contribution in [3.8, 4) is 17.2 Å². The number of piperidine rings is 1. The minimum absolute atomic E-state index is 0.0639. The first-order chi connectivity index (χ1) is 24.0. The van der Waals surface area contributed by atoms with E-state index in [0.717, 1.165) is 23.9 Å². The number of nitrogens with zero attached hydrogens (tertiary/aromatic N) is 4. The van der Waals surface area contributed by atoms with Gasteiger partial charge in [0.2, 0.25) is 0 Å². The topological polar surface area (TPSA) is 83.2 Å². The lowest BCUT2D eigenvalue weighted by molar-refractivity contribution is -0.185. The molecule has 4 bridgehead atoms. The summed E-state index contributed by atoms with van der Waals surface area (Å²) in [5.74, 6) is -1.42. The fourth-order valence-corrected chi connectivity index (χ4v) is 9.96. The second kappa shape index (κ2) is 11.5. The molecule has 7 atom stereocenters. The van der Waals surface area contributed by atoms with Crippen molar-refractivity contribution >= 4 is 50.9 Å². The van der Waals surface area contributed by atoms with E-state index in [4.69, 9.17) is 32.9 Å². The average molecular weight is 727 g/mol. The molecule has 0 radical (unpaired) electrons. The lowest BCUT2D eigenvalue weighted by Crippen LogP contribution is -2.49. The molecule has 1 amide bonds. The summed E-state index contributed by atoms with van der Waals surface area (Å²) >= 11 is 13.0. The van der Waals surface area contributed by atoms with Gasteiger partial charge in [0.05, 0.1) is 39.8 Å². The third kappa shape index (κ3) is 4.67. The van der Waals surface area contributed by atoms with Crippen LogP contribution in [0, 0.1) is 35.9 Å². The first kappa shape index (κ1) is 32.5. The van der Waals surface area contributed by atoms with Gasteiger partial charge in [-0.1, -0.05) is 35.3 Å². The van der Waals surface area contributed by atoms with Crippen LogP contribution in [0.1, 0.15) is 67.6 Å². The highest BCUT2D eigenvalue weighted by Crippen LogP contribution is 2.58. The van der Waals surface area contributed by atoms with Crippen LogP contribution in [-0.4, -0.2) is 57.4 Å². The molecule has 10 rings (SSSR count). The molecule has 6 aliphatic rings. The van der Waals surface area contributed by atoms with Crippen LogP contribution in [0.25, 0.3) is 32.9 Å². The minimum Gasteiger partial charge on any atom is -0.337 e. The van der Waals surface area contributed by atoms with E-state index in [1.165, 1.54) is 0 Å². The van der Waals surface area contributed by atoms with Gasteiger partial charge < -0.3 is 19.5 Å². The van der Waals surface area contributed by atoms with E-state index in [-0.39, 0.29) is 71.2 Å². The maximum absolute atomic E-state index is 17.1. The monoisotopic (exact) mass is 725 g/mol. The molecule has 260 valence electrons. The van der Waals surface area contributed by atoms with Crippen molar-refractivity contribution in [2.45, 2.75) is 94.4 Å². The van der Waals surface area contributed by atoms with Gasteiger partial charge in [-0.25, -0.2) is 13.8 Å². The highest BCUT2D eigenvalue weighted by Gasteiger charge is 2.62. The predicted molar refractivity (Wildman–Crippen MR) is 180 cm³/mol. The molecule has 13 heteroatoms. The fraction of sp³-hybridized carbons (Fsp3) is 0.486. The van der Waals surface area contributed by atoms with Gasteiger partial charge in [-0.05, 0) is 75.1 Å². The number of carbonyl (C=O) groups excluding carboxylic acids is 1. The average Bonchev–Trinajstić information content (AvgIpc) is 3.63. The third-order valence-corrected chi connectivity index (χ3v) is 12.8. The van der Waals surface area contributed by atoms with E-state index < -0.39 is 48.1 Å². The van der Waals surface area contributed by atoms with Crippen molar-refractivity contribution in [1.29, 1.82) is 5.26 Å². The van der Waals surface area contributed by atoms with Gasteiger partial charge >= 0.3 is 6.61 Å². The van der Waals surface area contributed by atoms with Gasteiger partial charge in [0, 0.05) is 64.3 Å². The summed E-state index contributed by atoms with van der Waals surface area (Å²) in [5.41, 5.74) is 1.32. The van der Waals surface area contributed by atoms with Crippen molar-refractivity contribution in [1.82, 2.24) is 19.8 Å². The van der Waals surface area contributed by atoms with Crippen molar-refractivity contribution in [2.75, 3.05) is 6.54 Å². The lowest BCUT2D eigenvalue weighted by Gasteiger charge is -2.43. The summed E-state index contributed by atoms with van der Waals surface area (Å²) in [7, 11) is 0. The molecule has 5 heterocycles. The van der Waals surface area contributed by atoms with Crippen molar-refractivity contribution < 1.29 is 27.1 Å². The second-order valence-electron chi connectivity index (χ2n) is 14.6. The Morgan fingerprint density at radius 3 is 2.68 bits per heavy atom. The van der Waals surface area contributed by atoms with Gasteiger partial charge in [0.25, 0.3) is 5.91 Å². The van der Waals surface area contributed by atoms with E-state index in [1.54, 1.807) is 30.0 Å². The molecule has 3 saturated carbocycles. The molecule has 2 aromatic carbocycles. The van der Waals surface area contributed by atoms with Crippen molar-refractivity contribution in [3.05, 3.63) is 63.1 Å². The Bertz CT molecular complexity index is 2130. The lowest BCUT2D eigenvalue weighted by atomic mass is 9.79. The second-order valence-corrected chi connectivity index (χ2v) is 15.4. The molecular weight excluding hydrogens is 693 g/mol. The molecule has 7 unspecified atom stereocenters. The van der Waals surface area contributed by atoms with Crippen LogP contribution < -0.4 is 5.32 Å². The number of nitrogens with one attached hydrogen (secondary N) is 1. The van der Waals surface area contributed by atoms with E-state index in [2.05, 4.69) is 16.0 Å². The number of alkyl halides is 3. The maximum Gasteiger partial charge on any atom is 0.345 e. The molecule has 7 nitrogen and oxygen atoms in total. The third-order valence-electron chi connectivity index (χ3n) is 11.9. The first-order valence-corrected chi connectivity index (χ1v) is 17.9. The highest BCUT2D eigenvalue weighted by atomic mass is 35.5. The Labute approximate surface area is 295 Å². The quantitative estimate of drug-likeness (QED) is 0.185. The van der Waals surface area contributed by atoms with E-state index in [1.807, 2.05) is 12.1 Å². The normalized spacial score (nSPS) is 28.9. The number of benzene rings is 2. The molecule has 4 aromatic rings. The van der Waals surface area contributed by atoms with Crippen molar-refractivity contribution in [2.24, 2.45) is 11.8 Å². The summed E-state index contributed by atoms with van der Waals surface area (Å²) in [6.45, 7) is -0.407. The summed E-state index contributed by atoms with van der Waals surface area (Å²) in [6.07, 6.45) is 1.42. The number of ether oxygens (including phenoxy) is 1. The van der Waals surface area contributed by atoms with Crippen LogP contribution in [0.3, 0.4) is 0 Å². The highest BCUT2D eigenvalue weighted by molar-refractivity contribution is 6.43. The zero-order valence-corrected chi connectivity index (χ0v) is 28.5. The maximum atomic E-state index is 17.1. The summed E-state index contributed by atoms with van der Waals surface area (Å²) < 4.78 is 67.4. The number of aryl methyl sites for hydroxylation is 2. The molecular formula is C37H33Cl2F4N5O2. The van der Waals surface area contributed by atoms with Crippen LogP contribution in [0.5, 0.6) is 0 Å². The number of hydrogen-bond donors (Lipinski definition) is 1. The molecule has 50 heavy (non-hydrogen) atoms. The Balaban J connectivity index is 1.32. The summed E-state index contributed by atoms with van der Waals surface area (Å²) in [6, 6.07) is 9.88. The molecule has 3 saturated heterocycles. The van der Waals surface area contributed by atoms with Crippen LogP contribution in [0.2, 0.25) is 10.0 Å². The van der Waals surface area contributed by atoms with Crippen LogP contribution >= 0.6 is 23.2 Å². The fourth-order valence-electron chi connectivity index (χ4n) is 9.57. The summed E-state index contributed by atoms with van der Waals surface area (Å²) in [5, 5.41) is 14.8. The number of amides is 1. The van der Waals surface area contributed by atoms with Crippen LogP contribution in [0.4, 0.5) is 17.6 Å². The van der Waals surface area contributed by atoms with Gasteiger partial charge in [0.1, 0.15) is 5.52 Å². The Kier molecular flexibility index (Phi) is 7.50. The SMILES string of the molecule is Cc1nc2c(F)c(-c3cccc(Cl)c3Cl)c(CCC#N)cc2c2c1cc(C1C3CC(CC3OC(F)F)N1C(=O)C1(F)CC1)n2C1C2CNC1C2. The summed E-state index contributed by atoms with van der Waals surface area (Å²) in [4.78, 5) is 20.3.